The van der Waals surface area contributed by atoms with Crippen LogP contribution in [0, 0.1) is 6.92 Å². The van der Waals surface area contributed by atoms with Crippen LogP contribution in [0.4, 0.5) is 13.2 Å². The summed E-state index contributed by atoms with van der Waals surface area (Å²) in [5.41, 5.74) is -3.23. The molecule has 17 heavy (non-hydrogen) atoms. The van der Waals surface area contributed by atoms with E-state index in [1.54, 1.807) is 25.1 Å². The fourth-order valence-electron chi connectivity index (χ4n) is 1.90. The zero-order chi connectivity index (χ0) is 11.9. The SMILES string of the molecule is CCc1cc2c(C)cccc2[s+]1C(F)(F)F.[Cl-]. The second-order valence-electron chi connectivity index (χ2n) is 3.70. The van der Waals surface area contributed by atoms with E-state index in [1.807, 2.05) is 13.0 Å². The highest BCUT2D eigenvalue weighted by atomic mass is 35.5. The Morgan fingerprint density at radius 1 is 1.24 bits per heavy atom. The highest BCUT2D eigenvalue weighted by Gasteiger charge is 2.47. The monoisotopic (exact) mass is 280 g/mol. The first-order valence-electron chi connectivity index (χ1n) is 5.06. The van der Waals surface area contributed by atoms with E-state index in [1.165, 1.54) is 0 Å². The summed E-state index contributed by atoms with van der Waals surface area (Å²) >= 11 is 0. The van der Waals surface area contributed by atoms with E-state index in [2.05, 4.69) is 0 Å². The van der Waals surface area contributed by atoms with Gasteiger partial charge in [-0.05, 0) is 18.6 Å². The van der Waals surface area contributed by atoms with Crippen molar-refractivity contribution in [2.75, 3.05) is 0 Å². The summed E-state index contributed by atoms with van der Waals surface area (Å²) in [6, 6.07) is 6.86. The molecule has 0 fully saturated rings. The number of hydrogen-bond acceptors (Lipinski definition) is 0. The van der Waals surface area contributed by atoms with Crippen LogP contribution in [-0.4, -0.2) is 0 Å². The zero-order valence-electron chi connectivity index (χ0n) is 9.44. The third-order valence-electron chi connectivity index (χ3n) is 2.65. The summed E-state index contributed by atoms with van der Waals surface area (Å²) in [7, 11) is -1.71. The van der Waals surface area contributed by atoms with Crippen molar-refractivity contribution in [3.05, 3.63) is 34.7 Å². The average molecular weight is 281 g/mol. The molecule has 1 aromatic heterocycles. The molecule has 0 aliphatic carbocycles. The van der Waals surface area contributed by atoms with Crippen LogP contribution in [0.15, 0.2) is 24.3 Å². The second-order valence-corrected chi connectivity index (χ2v) is 5.74. The normalized spacial score (nSPS) is 12.6. The Morgan fingerprint density at radius 3 is 2.41 bits per heavy atom. The predicted molar refractivity (Wildman–Crippen MR) is 61.8 cm³/mol. The van der Waals surface area contributed by atoms with Crippen molar-refractivity contribution >= 4 is 20.6 Å². The lowest BCUT2D eigenvalue weighted by molar-refractivity contribution is -0.0867. The predicted octanol–water partition coefficient (Wildman–Crippen LogP) is 1.94. The molecule has 0 spiro atoms. The molecule has 0 bridgehead atoms. The Kier molecular flexibility index (Phi) is 4.10. The summed E-state index contributed by atoms with van der Waals surface area (Å²) in [5.74, 6) is 0. The van der Waals surface area contributed by atoms with Crippen LogP contribution in [0.5, 0.6) is 0 Å². The van der Waals surface area contributed by atoms with Crippen molar-refractivity contribution in [2.24, 2.45) is 0 Å². The fraction of sp³-hybridized carbons (Fsp3) is 0.333. The lowest BCUT2D eigenvalue weighted by Crippen LogP contribution is -3.00. The van der Waals surface area contributed by atoms with Gasteiger partial charge in [-0.25, -0.2) is 0 Å². The van der Waals surface area contributed by atoms with Crippen LogP contribution in [0.3, 0.4) is 0 Å². The molecule has 5 heteroatoms. The molecule has 2 aromatic rings. The van der Waals surface area contributed by atoms with Gasteiger partial charge in [-0.3, -0.25) is 0 Å². The molecule has 0 N–H and O–H groups in total. The number of thiophene rings is 1. The summed E-state index contributed by atoms with van der Waals surface area (Å²) in [4.78, 5) is 0.497. The molecule has 0 saturated carbocycles. The number of benzene rings is 1. The van der Waals surface area contributed by atoms with Crippen LogP contribution >= 0.6 is 10.5 Å². The Balaban J connectivity index is 0.00000144. The van der Waals surface area contributed by atoms with E-state index in [0.29, 0.717) is 16.0 Å². The zero-order valence-corrected chi connectivity index (χ0v) is 11.0. The molecule has 1 unspecified atom stereocenters. The van der Waals surface area contributed by atoms with Crippen molar-refractivity contribution in [1.29, 1.82) is 0 Å². The van der Waals surface area contributed by atoms with Crippen LogP contribution in [-0.2, 0) is 11.9 Å². The van der Waals surface area contributed by atoms with Gasteiger partial charge in [0.2, 0.25) is 0 Å². The van der Waals surface area contributed by atoms with Crippen LogP contribution < -0.4 is 12.4 Å². The lowest BCUT2D eigenvalue weighted by atomic mass is 10.1. The smallest absolute Gasteiger partial charge is 0.600 e. The Bertz CT molecular complexity index is 528. The molecular weight excluding hydrogens is 269 g/mol. The van der Waals surface area contributed by atoms with Crippen LogP contribution in [0.1, 0.15) is 17.4 Å². The summed E-state index contributed by atoms with van der Waals surface area (Å²) in [5, 5.41) is 0.764. The van der Waals surface area contributed by atoms with Gasteiger partial charge in [-0.15, -0.1) is 13.2 Å². The van der Waals surface area contributed by atoms with Gasteiger partial charge in [0.25, 0.3) is 0 Å². The van der Waals surface area contributed by atoms with Crippen molar-refractivity contribution in [3.63, 3.8) is 0 Å². The number of hydrogen-bond donors (Lipinski definition) is 0. The molecule has 0 saturated heterocycles. The minimum absolute atomic E-state index is 0. The van der Waals surface area contributed by atoms with Gasteiger partial charge in [-0.1, -0.05) is 19.1 Å². The topological polar surface area (TPSA) is 0 Å². The molecule has 94 valence electrons. The molecule has 1 atom stereocenters. The number of halogens is 4. The number of alkyl halides is 3. The maximum Gasteiger partial charge on any atom is 0.600 e. The lowest BCUT2D eigenvalue weighted by Gasteiger charge is -1.98. The Hall–Kier alpha value is -0.740. The Morgan fingerprint density at radius 2 is 1.88 bits per heavy atom. The van der Waals surface area contributed by atoms with Gasteiger partial charge in [0, 0.05) is 17.9 Å². The highest BCUT2D eigenvalue weighted by molar-refractivity contribution is 7.38. The van der Waals surface area contributed by atoms with Crippen LogP contribution in [0.25, 0.3) is 10.1 Å². The first-order valence-corrected chi connectivity index (χ1v) is 6.29. The largest absolute Gasteiger partial charge is 1.00 e. The van der Waals surface area contributed by atoms with Crippen molar-refractivity contribution < 1.29 is 25.6 Å². The maximum atomic E-state index is 13.0. The van der Waals surface area contributed by atoms with Crippen molar-refractivity contribution in [1.82, 2.24) is 0 Å². The standard InChI is InChI=1S/C12H12F3S.ClH/c1-3-9-7-10-8(2)5-4-6-11(10)16(9)12(13,14)15;/h4-7H,3H2,1-2H3;1H/q+1;/p-1. The quantitative estimate of drug-likeness (QED) is 0.701. The summed E-state index contributed by atoms with van der Waals surface area (Å²) in [6.45, 7) is 3.63. The molecule has 0 nitrogen and oxygen atoms in total. The van der Waals surface area contributed by atoms with E-state index < -0.39 is 16.0 Å². The third-order valence-corrected chi connectivity index (χ3v) is 4.84. The van der Waals surface area contributed by atoms with Crippen molar-refractivity contribution in [3.8, 4) is 0 Å². The molecule has 0 radical (unpaired) electrons. The van der Waals surface area contributed by atoms with Gasteiger partial charge in [-0.2, -0.15) is 0 Å². The second kappa shape index (κ2) is 4.86. The van der Waals surface area contributed by atoms with Crippen molar-refractivity contribution in [2.45, 2.75) is 25.8 Å². The van der Waals surface area contributed by atoms with E-state index in [0.717, 1.165) is 10.9 Å². The van der Waals surface area contributed by atoms with Gasteiger partial charge in [0.15, 0.2) is 9.58 Å². The third kappa shape index (κ3) is 2.43. The maximum absolute atomic E-state index is 13.0. The number of aryl methyl sites for hydroxylation is 2. The molecule has 2 rings (SSSR count). The summed E-state index contributed by atoms with van der Waals surface area (Å²) in [6.07, 6.45) is 0.455. The number of fused-ring (bicyclic) bond motifs is 1. The van der Waals surface area contributed by atoms with Gasteiger partial charge in [0.05, 0.1) is 10.5 Å². The van der Waals surface area contributed by atoms with Gasteiger partial charge in [0.1, 0.15) is 0 Å². The first kappa shape index (κ1) is 14.3. The van der Waals surface area contributed by atoms with Gasteiger partial charge < -0.3 is 12.4 Å². The highest BCUT2D eigenvalue weighted by Crippen LogP contribution is 2.51. The molecular formula is C12H12ClF3S. The molecule has 1 heterocycles. The van der Waals surface area contributed by atoms with E-state index in [9.17, 15) is 13.2 Å². The fourth-order valence-corrected chi connectivity index (χ4v) is 3.91. The summed E-state index contributed by atoms with van der Waals surface area (Å²) < 4.78 is 39.4. The average Bonchev–Trinajstić information content (AvgIpc) is 2.57. The molecule has 0 aliphatic rings. The minimum Gasteiger partial charge on any atom is -1.00 e. The van der Waals surface area contributed by atoms with E-state index in [4.69, 9.17) is 0 Å². The molecule has 0 aliphatic heterocycles. The number of rotatable bonds is 1. The molecule has 0 amide bonds. The first-order chi connectivity index (χ1) is 7.45. The van der Waals surface area contributed by atoms with Gasteiger partial charge >= 0.3 is 5.51 Å². The van der Waals surface area contributed by atoms with Crippen LogP contribution in [0.2, 0.25) is 0 Å². The molecule has 1 aromatic carbocycles. The minimum atomic E-state index is -4.15. The Labute approximate surface area is 107 Å². The van der Waals surface area contributed by atoms with E-state index >= 15 is 0 Å². The van der Waals surface area contributed by atoms with E-state index in [-0.39, 0.29) is 12.4 Å².